The summed E-state index contributed by atoms with van der Waals surface area (Å²) in [6, 6.07) is 64.5. The summed E-state index contributed by atoms with van der Waals surface area (Å²) in [6.45, 7) is 0. The van der Waals surface area contributed by atoms with Crippen molar-refractivity contribution >= 4 is 70.4 Å². The zero-order chi connectivity index (χ0) is 33.7. The molecule has 0 aliphatic rings. The monoisotopic (exact) mass is 670 g/mol. The Kier molecular flexibility index (Phi) is 7.00. The van der Waals surface area contributed by atoms with E-state index in [1.165, 1.54) is 36.7 Å². The summed E-state index contributed by atoms with van der Waals surface area (Å²) in [4.78, 5) is 7.38. The smallest absolute Gasteiger partial charge is 0.227 e. The molecule has 0 radical (unpaired) electrons. The summed E-state index contributed by atoms with van der Waals surface area (Å²) in [6.07, 6.45) is 0. The second-order valence-electron chi connectivity index (χ2n) is 12.8. The molecule has 0 unspecified atom stereocenters. The number of hydrogen-bond donors (Lipinski definition) is 0. The van der Waals surface area contributed by atoms with E-state index in [1.807, 2.05) is 41.7 Å². The maximum absolute atomic E-state index is 6.48. The molecule has 0 fully saturated rings. The molecule has 10 rings (SSSR count). The Morgan fingerprint density at radius 3 is 1.88 bits per heavy atom. The molecular formula is C47H30N2OS. The first kappa shape index (κ1) is 29.4. The van der Waals surface area contributed by atoms with E-state index in [2.05, 4.69) is 157 Å². The van der Waals surface area contributed by atoms with Crippen LogP contribution in [0.1, 0.15) is 0 Å². The maximum atomic E-state index is 6.48. The number of hydrogen-bond acceptors (Lipinski definition) is 4. The predicted molar refractivity (Wildman–Crippen MR) is 215 cm³/mol. The topological polar surface area (TPSA) is 29.3 Å². The second kappa shape index (κ2) is 12.1. The van der Waals surface area contributed by atoms with Crippen LogP contribution in [0.4, 0.5) is 17.1 Å². The van der Waals surface area contributed by atoms with E-state index in [1.54, 1.807) is 0 Å². The molecule has 0 aliphatic heterocycles. The van der Waals surface area contributed by atoms with Gasteiger partial charge in [0.1, 0.15) is 5.52 Å². The van der Waals surface area contributed by atoms with E-state index in [0.717, 1.165) is 50.2 Å². The highest BCUT2D eigenvalue weighted by molar-refractivity contribution is 7.26. The Labute approximate surface area is 299 Å². The Balaban J connectivity index is 1.10. The third-order valence-electron chi connectivity index (χ3n) is 9.67. The first-order valence-electron chi connectivity index (χ1n) is 17.1. The van der Waals surface area contributed by atoms with Gasteiger partial charge in [0.05, 0.1) is 0 Å². The normalized spacial score (nSPS) is 11.5. The van der Waals surface area contributed by atoms with Gasteiger partial charge in [-0.2, -0.15) is 0 Å². The number of oxazole rings is 1. The molecule has 2 aromatic heterocycles. The zero-order valence-corrected chi connectivity index (χ0v) is 28.3. The number of rotatable bonds is 6. The molecule has 0 spiro atoms. The van der Waals surface area contributed by atoms with Gasteiger partial charge < -0.3 is 9.32 Å². The quantitative estimate of drug-likeness (QED) is 0.176. The molecule has 51 heavy (non-hydrogen) atoms. The summed E-state index contributed by atoms with van der Waals surface area (Å²) in [7, 11) is 0. The van der Waals surface area contributed by atoms with Gasteiger partial charge in [0.2, 0.25) is 5.89 Å². The lowest BCUT2D eigenvalue weighted by Crippen LogP contribution is -2.09. The number of benzene rings is 8. The minimum atomic E-state index is 0.638. The average molecular weight is 671 g/mol. The van der Waals surface area contributed by atoms with Gasteiger partial charge in [-0.3, -0.25) is 0 Å². The molecule has 2 heterocycles. The molecule has 0 saturated carbocycles. The van der Waals surface area contributed by atoms with Crippen molar-refractivity contribution in [3.05, 3.63) is 182 Å². The summed E-state index contributed by atoms with van der Waals surface area (Å²) >= 11 is 1.82. The third-order valence-corrected chi connectivity index (χ3v) is 10.9. The molecule has 0 aliphatic carbocycles. The van der Waals surface area contributed by atoms with Crippen molar-refractivity contribution in [2.75, 3.05) is 4.90 Å². The van der Waals surface area contributed by atoms with Crippen molar-refractivity contribution in [2.24, 2.45) is 0 Å². The number of fused-ring (bicyclic) bond motifs is 6. The lowest BCUT2D eigenvalue weighted by molar-refractivity contribution is 0.620. The molecule has 10 aromatic rings. The minimum Gasteiger partial charge on any atom is -0.436 e. The first-order valence-corrected chi connectivity index (χ1v) is 17.9. The van der Waals surface area contributed by atoms with Crippen molar-refractivity contribution in [2.45, 2.75) is 0 Å². The van der Waals surface area contributed by atoms with Crippen LogP contribution in [0.5, 0.6) is 0 Å². The molecule has 0 N–H and O–H groups in total. The number of anilines is 3. The SMILES string of the molecule is c1ccc(-c2ccc3ccc(N(c4ccccc4)c4ccc(-c5cc6oc(-c7ccccc7)nc6c6c5sc5ccccc56)cc4)cc3c2)cc1. The van der Waals surface area contributed by atoms with E-state index >= 15 is 0 Å². The Morgan fingerprint density at radius 2 is 1.10 bits per heavy atom. The van der Waals surface area contributed by atoms with Gasteiger partial charge in [0.15, 0.2) is 5.58 Å². The van der Waals surface area contributed by atoms with E-state index in [-0.39, 0.29) is 0 Å². The fourth-order valence-corrected chi connectivity index (χ4v) is 8.43. The number of nitrogens with zero attached hydrogens (tertiary/aromatic N) is 2. The van der Waals surface area contributed by atoms with Crippen LogP contribution >= 0.6 is 11.3 Å². The van der Waals surface area contributed by atoms with Crippen LogP contribution in [-0.4, -0.2) is 4.98 Å². The lowest BCUT2D eigenvalue weighted by atomic mass is 10.00. The molecule has 4 heteroatoms. The zero-order valence-electron chi connectivity index (χ0n) is 27.5. The van der Waals surface area contributed by atoms with Crippen molar-refractivity contribution < 1.29 is 4.42 Å². The Hall–Kier alpha value is -6.49. The predicted octanol–water partition coefficient (Wildman–Crippen LogP) is 13.8. The fraction of sp³-hybridized carbons (Fsp3) is 0. The van der Waals surface area contributed by atoms with Gasteiger partial charge in [-0.1, -0.05) is 115 Å². The molecular weight excluding hydrogens is 641 g/mol. The van der Waals surface area contributed by atoms with Crippen LogP contribution < -0.4 is 4.90 Å². The summed E-state index contributed by atoms with van der Waals surface area (Å²) < 4.78 is 8.93. The Bertz CT molecular complexity index is 2840. The lowest BCUT2D eigenvalue weighted by Gasteiger charge is -2.26. The molecule has 0 amide bonds. The van der Waals surface area contributed by atoms with Crippen molar-refractivity contribution in [1.29, 1.82) is 0 Å². The van der Waals surface area contributed by atoms with Gasteiger partial charge in [-0.15, -0.1) is 11.3 Å². The van der Waals surface area contributed by atoms with Crippen LogP contribution in [0.25, 0.3) is 75.8 Å². The van der Waals surface area contributed by atoms with Gasteiger partial charge in [0.25, 0.3) is 0 Å². The molecule has 240 valence electrons. The number of para-hydroxylation sites is 1. The summed E-state index contributed by atoms with van der Waals surface area (Å²) in [5, 5.41) is 4.77. The molecule has 8 aromatic carbocycles. The van der Waals surface area contributed by atoms with Gasteiger partial charge in [0, 0.05) is 48.4 Å². The van der Waals surface area contributed by atoms with E-state index in [9.17, 15) is 0 Å². The highest BCUT2D eigenvalue weighted by Gasteiger charge is 2.20. The standard InChI is InChI=1S/C47H30N2OS/c1-4-12-31(13-5-1)35-21-20-32-22-27-39(29-36(32)28-35)49(37-16-8-3-9-17-37)38-25-23-33(24-26-38)41-30-42-45(48-47(50-42)34-14-6-2-7-15-34)44-40-18-10-11-19-43(40)51-46(41)44/h1-30H. The first-order chi connectivity index (χ1) is 25.3. The molecule has 0 atom stereocenters. The fourth-order valence-electron chi connectivity index (χ4n) is 7.19. The minimum absolute atomic E-state index is 0.638. The van der Waals surface area contributed by atoms with Gasteiger partial charge in [-0.05, 0) is 94.2 Å². The molecule has 0 bridgehead atoms. The van der Waals surface area contributed by atoms with E-state index in [4.69, 9.17) is 9.40 Å². The summed E-state index contributed by atoms with van der Waals surface area (Å²) in [5.74, 6) is 0.638. The second-order valence-corrected chi connectivity index (χ2v) is 13.8. The Morgan fingerprint density at radius 1 is 0.471 bits per heavy atom. The largest absolute Gasteiger partial charge is 0.436 e. The third kappa shape index (κ3) is 5.16. The van der Waals surface area contributed by atoms with Crippen LogP contribution in [0.3, 0.4) is 0 Å². The van der Waals surface area contributed by atoms with Gasteiger partial charge in [-0.25, -0.2) is 4.98 Å². The average Bonchev–Trinajstić information content (AvgIpc) is 3.81. The van der Waals surface area contributed by atoms with Crippen molar-refractivity contribution in [3.63, 3.8) is 0 Å². The van der Waals surface area contributed by atoms with E-state index < -0.39 is 0 Å². The maximum Gasteiger partial charge on any atom is 0.227 e. The van der Waals surface area contributed by atoms with Crippen molar-refractivity contribution in [3.8, 4) is 33.7 Å². The van der Waals surface area contributed by atoms with Crippen LogP contribution in [0.2, 0.25) is 0 Å². The number of aromatic nitrogens is 1. The molecule has 3 nitrogen and oxygen atoms in total. The van der Waals surface area contributed by atoms with Gasteiger partial charge >= 0.3 is 0 Å². The molecule has 0 saturated heterocycles. The van der Waals surface area contributed by atoms with Crippen LogP contribution in [0, 0.1) is 0 Å². The highest BCUT2D eigenvalue weighted by Crippen LogP contribution is 2.45. The summed E-state index contributed by atoms with van der Waals surface area (Å²) in [5.41, 5.74) is 10.7. The highest BCUT2D eigenvalue weighted by atomic mass is 32.1. The van der Waals surface area contributed by atoms with Crippen molar-refractivity contribution in [1.82, 2.24) is 4.98 Å². The van der Waals surface area contributed by atoms with Crippen LogP contribution in [-0.2, 0) is 0 Å². The number of thiophene rings is 1. The van der Waals surface area contributed by atoms with Crippen LogP contribution in [0.15, 0.2) is 186 Å². The van der Waals surface area contributed by atoms with E-state index in [0.29, 0.717) is 5.89 Å².